The minimum absolute atomic E-state index is 0.0401. The van der Waals surface area contributed by atoms with E-state index in [1.165, 1.54) is 6.20 Å². The second kappa shape index (κ2) is 5.29. The topological polar surface area (TPSA) is 89.8 Å². The van der Waals surface area contributed by atoms with Gasteiger partial charge in [0.25, 0.3) is 10.0 Å². The largest absolute Gasteiger partial charge is 0.332 e. The highest BCUT2D eigenvalue weighted by Gasteiger charge is 2.28. The van der Waals surface area contributed by atoms with E-state index in [4.69, 9.17) is 5.26 Å². The number of H-pyrrole nitrogens is 1. The standard InChI is InChI=1S/C10H16N4O2S/c1-4-9-12-7-10(13-9)17(15,16)14(6-5-11)8(2)3/h7-8H,4,6H2,1-3H3,(H,12,13). The lowest BCUT2D eigenvalue weighted by atomic mass is 10.4. The van der Waals surface area contributed by atoms with E-state index in [1.54, 1.807) is 13.8 Å². The highest BCUT2D eigenvalue weighted by Crippen LogP contribution is 2.16. The summed E-state index contributed by atoms with van der Waals surface area (Å²) in [5.41, 5.74) is 0. The molecule has 0 saturated carbocycles. The second-order valence-electron chi connectivity index (χ2n) is 3.85. The summed E-state index contributed by atoms with van der Waals surface area (Å²) in [5.74, 6) is 0.615. The number of rotatable bonds is 5. The van der Waals surface area contributed by atoms with Crippen molar-refractivity contribution in [3.8, 4) is 6.07 Å². The predicted molar refractivity (Wildman–Crippen MR) is 62.6 cm³/mol. The van der Waals surface area contributed by atoms with Gasteiger partial charge in [-0.1, -0.05) is 6.92 Å². The fourth-order valence-electron chi connectivity index (χ4n) is 1.40. The molecule has 1 rings (SSSR count). The molecule has 0 saturated heterocycles. The molecule has 0 bridgehead atoms. The Kier molecular flexibility index (Phi) is 4.26. The summed E-state index contributed by atoms with van der Waals surface area (Å²) in [5, 5.41) is 8.71. The maximum atomic E-state index is 12.2. The molecule has 94 valence electrons. The number of hydrogen-bond donors (Lipinski definition) is 1. The highest BCUT2D eigenvalue weighted by molar-refractivity contribution is 7.89. The Morgan fingerprint density at radius 3 is 2.65 bits per heavy atom. The summed E-state index contributed by atoms with van der Waals surface area (Å²) in [6.07, 6.45) is 1.93. The molecule has 1 aromatic heterocycles. The normalized spacial score (nSPS) is 12.0. The van der Waals surface area contributed by atoms with Crippen LogP contribution in [0.1, 0.15) is 26.6 Å². The van der Waals surface area contributed by atoms with E-state index >= 15 is 0 Å². The minimum atomic E-state index is -3.66. The lowest BCUT2D eigenvalue weighted by Gasteiger charge is -2.21. The number of imidazole rings is 1. The maximum absolute atomic E-state index is 12.2. The van der Waals surface area contributed by atoms with E-state index in [2.05, 4.69) is 9.97 Å². The molecule has 1 heterocycles. The first-order valence-electron chi connectivity index (χ1n) is 5.36. The number of hydrogen-bond acceptors (Lipinski definition) is 4. The van der Waals surface area contributed by atoms with Gasteiger partial charge in [-0.3, -0.25) is 0 Å². The van der Waals surface area contributed by atoms with Crippen LogP contribution >= 0.6 is 0 Å². The molecule has 0 aliphatic heterocycles. The summed E-state index contributed by atoms with van der Waals surface area (Å²) in [7, 11) is -3.66. The van der Waals surface area contributed by atoms with Gasteiger partial charge in [-0.2, -0.15) is 9.57 Å². The van der Waals surface area contributed by atoms with Gasteiger partial charge < -0.3 is 4.98 Å². The molecule has 0 amide bonds. The van der Waals surface area contributed by atoms with Gasteiger partial charge in [0.05, 0.1) is 12.3 Å². The lowest BCUT2D eigenvalue weighted by Crippen LogP contribution is -2.37. The maximum Gasteiger partial charge on any atom is 0.261 e. The smallest absolute Gasteiger partial charge is 0.261 e. The Bertz CT molecular complexity index is 513. The van der Waals surface area contributed by atoms with Crippen LogP contribution in [0.4, 0.5) is 0 Å². The zero-order chi connectivity index (χ0) is 13.1. The molecule has 0 aromatic carbocycles. The van der Waals surface area contributed by atoms with E-state index in [-0.39, 0.29) is 17.6 Å². The van der Waals surface area contributed by atoms with Crippen molar-refractivity contribution in [2.24, 2.45) is 0 Å². The highest BCUT2D eigenvalue weighted by atomic mass is 32.2. The molecule has 0 fully saturated rings. The van der Waals surface area contributed by atoms with Crippen LogP contribution in [0.2, 0.25) is 0 Å². The molecule has 0 aliphatic carbocycles. The Hall–Kier alpha value is -1.39. The average molecular weight is 256 g/mol. The van der Waals surface area contributed by atoms with E-state index in [9.17, 15) is 8.42 Å². The third-order valence-corrected chi connectivity index (χ3v) is 4.26. The van der Waals surface area contributed by atoms with Crippen molar-refractivity contribution < 1.29 is 8.42 Å². The SMILES string of the molecule is CCc1ncc(S(=O)(=O)N(CC#N)C(C)C)[nH]1. The Balaban J connectivity index is 3.12. The number of nitriles is 1. The monoisotopic (exact) mass is 256 g/mol. The molecular formula is C10H16N4O2S. The van der Waals surface area contributed by atoms with Crippen LogP contribution in [-0.2, 0) is 16.4 Å². The van der Waals surface area contributed by atoms with Gasteiger partial charge in [0.15, 0.2) is 5.03 Å². The fraction of sp³-hybridized carbons (Fsp3) is 0.600. The predicted octanol–water partition coefficient (Wildman–Crippen LogP) is 0.895. The third kappa shape index (κ3) is 2.84. The van der Waals surface area contributed by atoms with Crippen LogP contribution in [-0.4, -0.2) is 35.3 Å². The molecule has 0 radical (unpaired) electrons. The van der Waals surface area contributed by atoms with Crippen molar-refractivity contribution in [3.63, 3.8) is 0 Å². The first-order chi connectivity index (χ1) is 7.93. The van der Waals surface area contributed by atoms with Crippen LogP contribution in [0.15, 0.2) is 11.2 Å². The molecule has 6 nitrogen and oxygen atoms in total. The molecular weight excluding hydrogens is 240 g/mol. The number of aromatic nitrogens is 2. The van der Waals surface area contributed by atoms with Crippen molar-refractivity contribution in [2.45, 2.75) is 38.3 Å². The van der Waals surface area contributed by atoms with Crippen LogP contribution in [0.3, 0.4) is 0 Å². The summed E-state index contributed by atoms with van der Waals surface area (Å²) >= 11 is 0. The Morgan fingerprint density at radius 2 is 2.24 bits per heavy atom. The van der Waals surface area contributed by atoms with E-state index in [0.717, 1.165) is 4.31 Å². The molecule has 1 N–H and O–H groups in total. The van der Waals surface area contributed by atoms with Gasteiger partial charge >= 0.3 is 0 Å². The fourth-order valence-corrected chi connectivity index (χ4v) is 2.86. The van der Waals surface area contributed by atoms with Gasteiger partial charge in [-0.25, -0.2) is 13.4 Å². The molecule has 17 heavy (non-hydrogen) atoms. The zero-order valence-electron chi connectivity index (χ0n) is 10.1. The van der Waals surface area contributed by atoms with Crippen LogP contribution in [0, 0.1) is 11.3 Å². The average Bonchev–Trinajstić information content (AvgIpc) is 2.74. The summed E-state index contributed by atoms with van der Waals surface area (Å²) < 4.78 is 25.5. The quantitative estimate of drug-likeness (QED) is 0.792. The van der Waals surface area contributed by atoms with Crippen LogP contribution in [0.5, 0.6) is 0 Å². The second-order valence-corrected chi connectivity index (χ2v) is 5.71. The van der Waals surface area contributed by atoms with Gasteiger partial charge in [-0.05, 0) is 13.8 Å². The molecule has 1 aromatic rings. The first-order valence-corrected chi connectivity index (χ1v) is 6.80. The van der Waals surface area contributed by atoms with E-state index in [1.807, 2.05) is 13.0 Å². The summed E-state index contributed by atoms with van der Waals surface area (Å²) in [6, 6.07) is 1.59. The summed E-state index contributed by atoms with van der Waals surface area (Å²) in [4.78, 5) is 6.71. The van der Waals surface area contributed by atoms with Crippen molar-refractivity contribution in [1.82, 2.24) is 14.3 Å². The number of aromatic amines is 1. The number of aryl methyl sites for hydroxylation is 1. The van der Waals surface area contributed by atoms with Crippen molar-refractivity contribution in [2.75, 3.05) is 6.54 Å². The van der Waals surface area contributed by atoms with Gasteiger partial charge in [0.2, 0.25) is 0 Å². The summed E-state index contributed by atoms with van der Waals surface area (Å²) in [6.45, 7) is 5.17. The number of sulfonamides is 1. The van der Waals surface area contributed by atoms with Gasteiger partial charge in [-0.15, -0.1) is 0 Å². The van der Waals surface area contributed by atoms with Gasteiger partial charge in [0, 0.05) is 12.5 Å². The van der Waals surface area contributed by atoms with Crippen LogP contribution in [0.25, 0.3) is 0 Å². The molecule has 0 aliphatic rings. The van der Waals surface area contributed by atoms with E-state index < -0.39 is 10.0 Å². The molecule has 0 unspecified atom stereocenters. The van der Waals surface area contributed by atoms with Crippen molar-refractivity contribution in [3.05, 3.63) is 12.0 Å². The molecule has 0 atom stereocenters. The Morgan fingerprint density at radius 1 is 1.59 bits per heavy atom. The third-order valence-electron chi connectivity index (χ3n) is 2.33. The van der Waals surface area contributed by atoms with Gasteiger partial charge in [0.1, 0.15) is 12.4 Å². The molecule has 7 heteroatoms. The number of nitrogens with one attached hydrogen (secondary N) is 1. The van der Waals surface area contributed by atoms with E-state index in [0.29, 0.717) is 12.2 Å². The van der Waals surface area contributed by atoms with Crippen molar-refractivity contribution in [1.29, 1.82) is 5.26 Å². The Labute approximate surface area is 101 Å². The lowest BCUT2D eigenvalue weighted by molar-refractivity contribution is 0.384. The number of nitrogens with zero attached hydrogens (tertiary/aromatic N) is 3. The van der Waals surface area contributed by atoms with Crippen LogP contribution < -0.4 is 0 Å². The first kappa shape index (κ1) is 13.7. The zero-order valence-corrected chi connectivity index (χ0v) is 11.0. The molecule has 0 spiro atoms. The van der Waals surface area contributed by atoms with Crippen molar-refractivity contribution >= 4 is 10.0 Å². The minimum Gasteiger partial charge on any atom is -0.332 e.